The molecular formula is C10H16F2O2. The third-order valence-corrected chi connectivity index (χ3v) is 2.56. The highest BCUT2D eigenvalue weighted by molar-refractivity contribution is 5.09. The van der Waals surface area contributed by atoms with Crippen molar-refractivity contribution >= 4 is 0 Å². The molecule has 2 atom stereocenters. The number of alkyl halides is 2. The van der Waals surface area contributed by atoms with Crippen LogP contribution in [0.25, 0.3) is 0 Å². The van der Waals surface area contributed by atoms with E-state index in [1.165, 1.54) is 5.57 Å². The van der Waals surface area contributed by atoms with Gasteiger partial charge in [0.25, 0.3) is 0 Å². The zero-order valence-electron chi connectivity index (χ0n) is 8.50. The Bertz CT molecular complexity index is 204. The van der Waals surface area contributed by atoms with E-state index in [1.807, 2.05) is 13.0 Å². The zero-order chi connectivity index (χ0) is 10.6. The van der Waals surface area contributed by atoms with Crippen LogP contribution >= 0.6 is 0 Å². The van der Waals surface area contributed by atoms with Crippen LogP contribution in [0.2, 0.25) is 0 Å². The maximum atomic E-state index is 12.0. The van der Waals surface area contributed by atoms with Crippen molar-refractivity contribution in [2.45, 2.75) is 32.5 Å². The van der Waals surface area contributed by atoms with Crippen molar-refractivity contribution in [2.75, 3.05) is 13.7 Å². The first-order chi connectivity index (χ1) is 6.63. The second-order valence-electron chi connectivity index (χ2n) is 3.59. The lowest BCUT2D eigenvalue weighted by Crippen LogP contribution is -2.26. The molecule has 14 heavy (non-hydrogen) atoms. The molecular weight excluding hydrogens is 190 g/mol. The molecule has 1 aliphatic rings. The Morgan fingerprint density at radius 2 is 2.29 bits per heavy atom. The molecule has 82 valence electrons. The Balaban J connectivity index is 2.46. The molecule has 1 aliphatic carbocycles. The first-order valence-corrected chi connectivity index (χ1v) is 4.72. The van der Waals surface area contributed by atoms with Gasteiger partial charge in [0.1, 0.15) is 0 Å². The van der Waals surface area contributed by atoms with E-state index in [0.717, 1.165) is 0 Å². The summed E-state index contributed by atoms with van der Waals surface area (Å²) < 4.78 is 33.4. The van der Waals surface area contributed by atoms with E-state index in [9.17, 15) is 8.78 Å². The molecule has 1 rings (SSSR count). The monoisotopic (exact) mass is 206 g/mol. The molecule has 0 aliphatic heterocycles. The minimum Gasteiger partial charge on any atom is -0.384 e. The fourth-order valence-corrected chi connectivity index (χ4v) is 1.74. The van der Waals surface area contributed by atoms with Crippen LogP contribution in [0.4, 0.5) is 8.78 Å². The van der Waals surface area contributed by atoms with Crippen LogP contribution in [0.15, 0.2) is 11.6 Å². The first kappa shape index (κ1) is 11.6. The maximum absolute atomic E-state index is 12.0. The largest absolute Gasteiger partial charge is 0.384 e. The lowest BCUT2D eigenvalue weighted by atomic mass is 9.87. The SMILES string of the molecule is COC[C@H]1C[C@H](OC(F)F)CC=C1C. The maximum Gasteiger partial charge on any atom is 0.345 e. The van der Waals surface area contributed by atoms with E-state index in [4.69, 9.17) is 4.74 Å². The fraction of sp³-hybridized carbons (Fsp3) is 0.800. The minimum absolute atomic E-state index is 0.220. The summed E-state index contributed by atoms with van der Waals surface area (Å²) in [7, 11) is 1.62. The molecule has 0 radical (unpaired) electrons. The number of ether oxygens (including phenoxy) is 2. The number of hydrogen-bond acceptors (Lipinski definition) is 2. The summed E-state index contributed by atoms with van der Waals surface area (Å²) in [6.07, 6.45) is 2.80. The molecule has 0 amide bonds. The van der Waals surface area contributed by atoms with Crippen LogP contribution in [0.3, 0.4) is 0 Å². The lowest BCUT2D eigenvalue weighted by molar-refractivity contribution is -0.167. The smallest absolute Gasteiger partial charge is 0.345 e. The number of halogens is 2. The first-order valence-electron chi connectivity index (χ1n) is 4.72. The standard InChI is InChI=1S/C10H16F2O2/c1-7-3-4-9(14-10(11)12)5-8(7)6-13-2/h3,8-10H,4-6H2,1-2H3/t8-,9-/m1/s1. The number of hydrogen-bond donors (Lipinski definition) is 0. The molecule has 0 aromatic rings. The van der Waals surface area contributed by atoms with Gasteiger partial charge in [-0.2, -0.15) is 8.78 Å². The molecule has 0 aromatic carbocycles. The second-order valence-corrected chi connectivity index (χ2v) is 3.59. The minimum atomic E-state index is -2.67. The number of rotatable bonds is 4. The highest BCUT2D eigenvalue weighted by Gasteiger charge is 2.24. The van der Waals surface area contributed by atoms with Gasteiger partial charge in [-0.3, -0.25) is 0 Å². The quantitative estimate of drug-likeness (QED) is 0.658. The van der Waals surface area contributed by atoms with Gasteiger partial charge in [0.05, 0.1) is 12.7 Å². The van der Waals surface area contributed by atoms with E-state index < -0.39 is 6.61 Å². The molecule has 0 spiro atoms. The van der Waals surface area contributed by atoms with Crippen LogP contribution in [-0.2, 0) is 9.47 Å². The Morgan fingerprint density at radius 1 is 1.57 bits per heavy atom. The van der Waals surface area contributed by atoms with E-state index in [2.05, 4.69) is 4.74 Å². The second kappa shape index (κ2) is 5.41. The third-order valence-electron chi connectivity index (χ3n) is 2.56. The van der Waals surface area contributed by atoms with Crippen LogP contribution in [0.1, 0.15) is 19.8 Å². The van der Waals surface area contributed by atoms with Crippen LogP contribution in [0, 0.1) is 5.92 Å². The van der Waals surface area contributed by atoms with Gasteiger partial charge in [-0.05, 0) is 19.8 Å². The van der Waals surface area contributed by atoms with E-state index in [-0.39, 0.29) is 12.0 Å². The molecule has 0 heterocycles. The summed E-state index contributed by atoms with van der Waals surface area (Å²) in [5.41, 5.74) is 1.21. The van der Waals surface area contributed by atoms with E-state index in [1.54, 1.807) is 7.11 Å². The summed E-state index contributed by atoms with van der Waals surface area (Å²) in [5, 5.41) is 0. The zero-order valence-corrected chi connectivity index (χ0v) is 8.50. The van der Waals surface area contributed by atoms with Gasteiger partial charge in [0.15, 0.2) is 0 Å². The summed E-state index contributed by atoms with van der Waals surface area (Å²) in [5.74, 6) is 0.220. The summed E-state index contributed by atoms with van der Waals surface area (Å²) in [6.45, 7) is -0.0942. The van der Waals surface area contributed by atoms with Crippen molar-refractivity contribution in [3.05, 3.63) is 11.6 Å². The summed E-state index contributed by atoms with van der Waals surface area (Å²) in [6, 6.07) is 0. The topological polar surface area (TPSA) is 18.5 Å². The Labute approximate surface area is 82.9 Å². The van der Waals surface area contributed by atoms with E-state index in [0.29, 0.717) is 19.4 Å². The van der Waals surface area contributed by atoms with Crippen molar-refractivity contribution in [2.24, 2.45) is 5.92 Å². The van der Waals surface area contributed by atoms with Gasteiger partial charge in [0, 0.05) is 13.0 Å². The summed E-state index contributed by atoms with van der Waals surface area (Å²) >= 11 is 0. The van der Waals surface area contributed by atoms with Gasteiger partial charge in [-0.15, -0.1) is 0 Å². The Morgan fingerprint density at radius 3 is 2.86 bits per heavy atom. The lowest BCUT2D eigenvalue weighted by Gasteiger charge is -2.27. The van der Waals surface area contributed by atoms with E-state index >= 15 is 0 Å². The average molecular weight is 206 g/mol. The Hall–Kier alpha value is -0.480. The average Bonchev–Trinajstić information content (AvgIpc) is 2.10. The highest BCUT2D eigenvalue weighted by atomic mass is 19.3. The molecule has 0 bridgehead atoms. The molecule has 0 saturated heterocycles. The highest BCUT2D eigenvalue weighted by Crippen LogP contribution is 2.27. The summed E-state index contributed by atoms with van der Waals surface area (Å²) in [4.78, 5) is 0. The molecule has 0 N–H and O–H groups in total. The predicted octanol–water partition coefficient (Wildman–Crippen LogP) is 2.60. The number of methoxy groups -OCH3 is 1. The van der Waals surface area contributed by atoms with Gasteiger partial charge in [-0.25, -0.2) is 0 Å². The van der Waals surface area contributed by atoms with Gasteiger partial charge >= 0.3 is 6.61 Å². The van der Waals surface area contributed by atoms with Crippen molar-refractivity contribution in [3.8, 4) is 0 Å². The van der Waals surface area contributed by atoms with Crippen LogP contribution < -0.4 is 0 Å². The molecule has 0 saturated carbocycles. The molecule has 0 aromatic heterocycles. The normalized spacial score (nSPS) is 27.9. The molecule has 4 heteroatoms. The van der Waals surface area contributed by atoms with Crippen molar-refractivity contribution in [3.63, 3.8) is 0 Å². The predicted molar refractivity (Wildman–Crippen MR) is 49.2 cm³/mol. The Kier molecular flexibility index (Phi) is 4.48. The van der Waals surface area contributed by atoms with Gasteiger partial charge in [0.2, 0.25) is 0 Å². The van der Waals surface area contributed by atoms with Crippen molar-refractivity contribution in [1.29, 1.82) is 0 Å². The third kappa shape index (κ3) is 3.35. The van der Waals surface area contributed by atoms with Crippen molar-refractivity contribution < 1.29 is 18.3 Å². The van der Waals surface area contributed by atoms with Crippen LogP contribution in [-0.4, -0.2) is 26.4 Å². The molecule has 0 fully saturated rings. The van der Waals surface area contributed by atoms with Crippen molar-refractivity contribution in [1.82, 2.24) is 0 Å². The van der Waals surface area contributed by atoms with Gasteiger partial charge < -0.3 is 9.47 Å². The van der Waals surface area contributed by atoms with Gasteiger partial charge in [-0.1, -0.05) is 11.6 Å². The molecule has 0 unspecified atom stereocenters. The van der Waals surface area contributed by atoms with Crippen LogP contribution in [0.5, 0.6) is 0 Å². The fourth-order valence-electron chi connectivity index (χ4n) is 1.74. The molecule has 2 nitrogen and oxygen atoms in total.